The van der Waals surface area contributed by atoms with Crippen molar-refractivity contribution in [3.63, 3.8) is 0 Å². The van der Waals surface area contributed by atoms with Crippen LogP contribution in [0.2, 0.25) is 0 Å². The summed E-state index contributed by atoms with van der Waals surface area (Å²) in [6.07, 6.45) is 7.55. The lowest BCUT2D eigenvalue weighted by atomic mass is 10.1. The van der Waals surface area contributed by atoms with Crippen LogP contribution in [-0.4, -0.2) is 43.8 Å². The van der Waals surface area contributed by atoms with Gasteiger partial charge in [-0.05, 0) is 38.1 Å². The molecule has 0 saturated carbocycles. The van der Waals surface area contributed by atoms with Crippen LogP contribution < -0.4 is 5.32 Å². The maximum atomic E-state index is 5.51. The Labute approximate surface area is 151 Å². The molecular formula is C19H20N6O. The van der Waals surface area contributed by atoms with Crippen molar-refractivity contribution in [3.8, 4) is 11.1 Å². The van der Waals surface area contributed by atoms with Crippen molar-refractivity contribution in [2.24, 2.45) is 0 Å². The molecule has 0 aliphatic heterocycles. The fourth-order valence-electron chi connectivity index (χ4n) is 2.80. The molecule has 26 heavy (non-hydrogen) atoms. The predicted octanol–water partition coefficient (Wildman–Crippen LogP) is 3.18. The molecule has 0 saturated heterocycles. The maximum Gasteiger partial charge on any atom is 0.241 e. The summed E-state index contributed by atoms with van der Waals surface area (Å²) in [5, 5.41) is 8.69. The molecule has 4 rings (SSSR count). The third-order valence-electron chi connectivity index (χ3n) is 4.02. The summed E-state index contributed by atoms with van der Waals surface area (Å²) in [5.41, 5.74) is 3.73. The Kier molecular flexibility index (Phi) is 4.45. The van der Waals surface area contributed by atoms with Crippen LogP contribution in [0.4, 0.5) is 5.95 Å². The van der Waals surface area contributed by atoms with E-state index in [2.05, 4.69) is 31.4 Å². The fourth-order valence-corrected chi connectivity index (χ4v) is 2.80. The van der Waals surface area contributed by atoms with E-state index < -0.39 is 0 Å². The topological polar surface area (TPSA) is 77.2 Å². The first kappa shape index (κ1) is 16.4. The van der Waals surface area contributed by atoms with Gasteiger partial charge in [-0.15, -0.1) is 5.10 Å². The standard InChI is InChI=1S/C19H20N6O/c1-13(2)26-9-7-21-19-23-12-17-16(5-8-25(17)24-19)15-10-14-4-3-6-20-18(14)22-11-15/h3-6,8,10-13H,7,9H2,1-2H3,(H,21,24). The number of nitrogens with one attached hydrogen (secondary N) is 1. The van der Waals surface area contributed by atoms with Crippen molar-refractivity contribution in [1.82, 2.24) is 24.6 Å². The van der Waals surface area contributed by atoms with Gasteiger partial charge in [0.25, 0.3) is 0 Å². The average Bonchev–Trinajstić information content (AvgIpc) is 3.08. The molecule has 7 heteroatoms. The van der Waals surface area contributed by atoms with Gasteiger partial charge < -0.3 is 10.1 Å². The summed E-state index contributed by atoms with van der Waals surface area (Å²) in [6.45, 7) is 5.31. The Bertz CT molecular complexity index is 1040. The zero-order valence-electron chi connectivity index (χ0n) is 14.8. The summed E-state index contributed by atoms with van der Waals surface area (Å²) in [4.78, 5) is 13.1. The number of nitrogens with zero attached hydrogens (tertiary/aromatic N) is 5. The number of aromatic nitrogens is 5. The summed E-state index contributed by atoms with van der Waals surface area (Å²) < 4.78 is 7.33. The van der Waals surface area contributed by atoms with Gasteiger partial charge in [-0.1, -0.05) is 0 Å². The molecule has 0 aromatic carbocycles. The van der Waals surface area contributed by atoms with Crippen LogP contribution in [0.5, 0.6) is 0 Å². The summed E-state index contributed by atoms with van der Waals surface area (Å²) in [5.74, 6) is 0.577. The van der Waals surface area contributed by atoms with Crippen LogP contribution in [0.1, 0.15) is 13.8 Å². The van der Waals surface area contributed by atoms with Crippen LogP contribution in [0.25, 0.3) is 27.7 Å². The van der Waals surface area contributed by atoms with E-state index in [1.807, 2.05) is 55.2 Å². The number of ether oxygens (including phenoxy) is 1. The largest absolute Gasteiger partial charge is 0.377 e. The molecule has 0 atom stereocenters. The Morgan fingerprint density at radius 1 is 1.15 bits per heavy atom. The molecule has 0 aliphatic carbocycles. The van der Waals surface area contributed by atoms with Crippen molar-refractivity contribution in [2.75, 3.05) is 18.5 Å². The first-order chi connectivity index (χ1) is 12.7. The Balaban J connectivity index is 1.58. The third-order valence-corrected chi connectivity index (χ3v) is 4.02. The first-order valence-corrected chi connectivity index (χ1v) is 8.62. The lowest BCUT2D eigenvalue weighted by molar-refractivity contribution is 0.0869. The predicted molar refractivity (Wildman–Crippen MR) is 101 cm³/mol. The van der Waals surface area contributed by atoms with Gasteiger partial charge in [0.05, 0.1) is 24.4 Å². The second-order valence-corrected chi connectivity index (χ2v) is 6.26. The van der Waals surface area contributed by atoms with Crippen molar-refractivity contribution in [2.45, 2.75) is 20.0 Å². The maximum absolute atomic E-state index is 5.51. The van der Waals surface area contributed by atoms with E-state index >= 15 is 0 Å². The minimum atomic E-state index is 0.220. The zero-order valence-corrected chi connectivity index (χ0v) is 14.8. The molecule has 0 unspecified atom stereocenters. The lowest BCUT2D eigenvalue weighted by Gasteiger charge is -2.08. The number of pyridine rings is 2. The van der Waals surface area contributed by atoms with Crippen molar-refractivity contribution in [1.29, 1.82) is 0 Å². The van der Waals surface area contributed by atoms with E-state index in [0.29, 0.717) is 19.1 Å². The van der Waals surface area contributed by atoms with Crippen LogP contribution in [0.3, 0.4) is 0 Å². The smallest absolute Gasteiger partial charge is 0.241 e. The van der Waals surface area contributed by atoms with E-state index in [-0.39, 0.29) is 6.10 Å². The summed E-state index contributed by atoms with van der Waals surface area (Å²) in [7, 11) is 0. The molecule has 0 spiro atoms. The third kappa shape index (κ3) is 3.34. The highest BCUT2D eigenvalue weighted by atomic mass is 16.5. The Morgan fingerprint density at radius 2 is 2.08 bits per heavy atom. The van der Waals surface area contributed by atoms with Crippen LogP contribution >= 0.6 is 0 Å². The number of rotatable bonds is 6. The van der Waals surface area contributed by atoms with E-state index in [4.69, 9.17) is 4.74 Å². The molecule has 0 radical (unpaired) electrons. The van der Waals surface area contributed by atoms with Gasteiger partial charge in [-0.3, -0.25) is 0 Å². The van der Waals surface area contributed by atoms with E-state index in [1.165, 1.54) is 0 Å². The minimum absolute atomic E-state index is 0.220. The van der Waals surface area contributed by atoms with Gasteiger partial charge in [-0.25, -0.2) is 19.5 Å². The van der Waals surface area contributed by atoms with Crippen LogP contribution in [0.15, 0.2) is 49.1 Å². The highest BCUT2D eigenvalue weighted by Gasteiger charge is 2.09. The van der Waals surface area contributed by atoms with Crippen LogP contribution in [0, 0.1) is 0 Å². The number of hydrogen-bond acceptors (Lipinski definition) is 6. The van der Waals surface area contributed by atoms with E-state index in [1.54, 1.807) is 6.20 Å². The quantitative estimate of drug-likeness (QED) is 0.539. The fraction of sp³-hybridized carbons (Fsp3) is 0.263. The number of hydrogen-bond donors (Lipinski definition) is 1. The van der Waals surface area contributed by atoms with Gasteiger partial charge in [0.1, 0.15) is 0 Å². The monoisotopic (exact) mass is 348 g/mol. The number of anilines is 1. The molecule has 0 amide bonds. The molecule has 1 N–H and O–H groups in total. The Hall–Kier alpha value is -3.06. The second kappa shape index (κ2) is 7.05. The van der Waals surface area contributed by atoms with Gasteiger partial charge in [0.2, 0.25) is 5.95 Å². The molecular weight excluding hydrogens is 328 g/mol. The van der Waals surface area contributed by atoms with Gasteiger partial charge in [0.15, 0.2) is 5.65 Å². The average molecular weight is 348 g/mol. The number of fused-ring (bicyclic) bond motifs is 2. The molecule has 4 aromatic heterocycles. The van der Waals surface area contributed by atoms with E-state index in [9.17, 15) is 0 Å². The molecule has 0 bridgehead atoms. The first-order valence-electron chi connectivity index (χ1n) is 8.62. The lowest BCUT2D eigenvalue weighted by Crippen LogP contribution is -2.15. The van der Waals surface area contributed by atoms with Gasteiger partial charge in [-0.2, -0.15) is 0 Å². The van der Waals surface area contributed by atoms with Crippen molar-refractivity contribution in [3.05, 3.63) is 49.1 Å². The van der Waals surface area contributed by atoms with Crippen molar-refractivity contribution < 1.29 is 4.74 Å². The molecule has 7 nitrogen and oxygen atoms in total. The Morgan fingerprint density at radius 3 is 2.96 bits per heavy atom. The van der Waals surface area contributed by atoms with Gasteiger partial charge in [0, 0.05) is 41.6 Å². The summed E-state index contributed by atoms with van der Waals surface area (Å²) in [6, 6.07) is 8.03. The normalized spacial score (nSPS) is 11.5. The summed E-state index contributed by atoms with van der Waals surface area (Å²) >= 11 is 0. The molecule has 0 fully saturated rings. The van der Waals surface area contributed by atoms with Gasteiger partial charge >= 0.3 is 0 Å². The zero-order chi connectivity index (χ0) is 17.9. The molecule has 0 aliphatic rings. The molecule has 4 heterocycles. The minimum Gasteiger partial charge on any atom is -0.377 e. The highest BCUT2D eigenvalue weighted by Crippen LogP contribution is 2.26. The van der Waals surface area contributed by atoms with Crippen LogP contribution in [-0.2, 0) is 4.74 Å². The molecule has 132 valence electrons. The SMILES string of the molecule is CC(C)OCCNc1ncc2c(-c3cnc4ncccc4c3)ccn2n1. The van der Waals surface area contributed by atoms with E-state index in [0.717, 1.165) is 27.7 Å². The highest BCUT2D eigenvalue weighted by molar-refractivity contribution is 5.86. The second-order valence-electron chi connectivity index (χ2n) is 6.26. The molecule has 4 aromatic rings. The van der Waals surface area contributed by atoms with Crippen molar-refractivity contribution >= 4 is 22.5 Å².